The molecule has 2 unspecified atom stereocenters. The standard InChI is InChI=1S/C15H19N3O2S/c1-2-13(15(17)20)18-9-10(3-6-14(18)19)7-11-4-5-12(8-16)21-11/h4-5,10,13H,2-3,6-7,9H2,1H3,(H2,17,20). The number of carbonyl (C=O) groups is 2. The number of likely N-dealkylation sites (tertiary alicyclic amines) is 1. The van der Waals surface area contributed by atoms with Crippen LogP contribution in [-0.2, 0) is 16.0 Å². The zero-order valence-electron chi connectivity index (χ0n) is 12.0. The van der Waals surface area contributed by atoms with E-state index in [9.17, 15) is 9.59 Å². The van der Waals surface area contributed by atoms with Crippen LogP contribution in [0.1, 0.15) is 35.9 Å². The van der Waals surface area contributed by atoms with Crippen molar-refractivity contribution in [1.82, 2.24) is 4.90 Å². The Labute approximate surface area is 128 Å². The summed E-state index contributed by atoms with van der Waals surface area (Å²) in [6, 6.07) is 5.43. The summed E-state index contributed by atoms with van der Waals surface area (Å²) in [5, 5.41) is 8.86. The average Bonchev–Trinajstić information content (AvgIpc) is 2.90. The van der Waals surface area contributed by atoms with Crippen molar-refractivity contribution in [3.05, 3.63) is 21.9 Å². The van der Waals surface area contributed by atoms with Gasteiger partial charge in [0.15, 0.2) is 0 Å². The summed E-state index contributed by atoms with van der Waals surface area (Å²) < 4.78 is 0. The largest absolute Gasteiger partial charge is 0.368 e. The molecule has 0 spiro atoms. The van der Waals surface area contributed by atoms with E-state index < -0.39 is 11.9 Å². The molecular weight excluding hydrogens is 286 g/mol. The monoisotopic (exact) mass is 305 g/mol. The first-order valence-corrected chi connectivity index (χ1v) is 7.94. The Morgan fingerprint density at radius 2 is 2.38 bits per heavy atom. The van der Waals surface area contributed by atoms with E-state index >= 15 is 0 Å². The molecule has 0 aromatic carbocycles. The van der Waals surface area contributed by atoms with E-state index in [1.807, 2.05) is 19.1 Å². The number of nitrogens with zero attached hydrogens (tertiary/aromatic N) is 2. The van der Waals surface area contributed by atoms with Crippen molar-refractivity contribution in [2.24, 2.45) is 11.7 Å². The fourth-order valence-electron chi connectivity index (χ4n) is 2.82. The molecule has 0 aliphatic carbocycles. The van der Waals surface area contributed by atoms with Gasteiger partial charge in [0.25, 0.3) is 0 Å². The Kier molecular flexibility index (Phi) is 4.97. The Morgan fingerprint density at radius 3 is 2.95 bits per heavy atom. The lowest BCUT2D eigenvalue weighted by molar-refractivity contribution is -0.143. The first-order chi connectivity index (χ1) is 10.0. The molecule has 112 valence electrons. The summed E-state index contributed by atoms with van der Waals surface area (Å²) in [6.07, 6.45) is 2.67. The van der Waals surface area contributed by atoms with E-state index in [0.717, 1.165) is 17.7 Å². The van der Waals surface area contributed by atoms with Crippen molar-refractivity contribution in [1.29, 1.82) is 5.26 Å². The van der Waals surface area contributed by atoms with Gasteiger partial charge in [0.2, 0.25) is 11.8 Å². The minimum Gasteiger partial charge on any atom is -0.368 e. The van der Waals surface area contributed by atoms with Crippen LogP contribution in [0.4, 0.5) is 0 Å². The number of thiophene rings is 1. The van der Waals surface area contributed by atoms with Crippen molar-refractivity contribution >= 4 is 23.2 Å². The summed E-state index contributed by atoms with van der Waals surface area (Å²) >= 11 is 1.49. The fraction of sp³-hybridized carbons (Fsp3) is 0.533. The van der Waals surface area contributed by atoms with Crippen molar-refractivity contribution in [3.63, 3.8) is 0 Å². The molecule has 1 fully saturated rings. The van der Waals surface area contributed by atoms with Crippen LogP contribution in [0.25, 0.3) is 0 Å². The SMILES string of the molecule is CCC(C(N)=O)N1CC(Cc2ccc(C#N)s2)CCC1=O. The zero-order chi connectivity index (χ0) is 15.4. The summed E-state index contributed by atoms with van der Waals surface area (Å²) in [7, 11) is 0. The Morgan fingerprint density at radius 1 is 1.62 bits per heavy atom. The van der Waals surface area contributed by atoms with Gasteiger partial charge in [-0.05, 0) is 37.3 Å². The van der Waals surface area contributed by atoms with Gasteiger partial charge >= 0.3 is 0 Å². The molecule has 0 radical (unpaired) electrons. The minimum atomic E-state index is -0.502. The number of nitriles is 1. The van der Waals surface area contributed by atoms with Crippen molar-refractivity contribution < 1.29 is 9.59 Å². The number of hydrogen-bond donors (Lipinski definition) is 1. The molecule has 0 saturated carbocycles. The van der Waals surface area contributed by atoms with Crippen LogP contribution in [0.5, 0.6) is 0 Å². The Bertz CT molecular complexity index is 576. The molecular formula is C15H19N3O2S. The second kappa shape index (κ2) is 6.72. The lowest BCUT2D eigenvalue weighted by Gasteiger charge is -2.36. The van der Waals surface area contributed by atoms with Gasteiger partial charge in [-0.2, -0.15) is 5.26 Å². The molecule has 21 heavy (non-hydrogen) atoms. The summed E-state index contributed by atoms with van der Waals surface area (Å²) in [4.78, 5) is 27.0. The maximum Gasteiger partial charge on any atom is 0.240 e. The highest BCUT2D eigenvalue weighted by Crippen LogP contribution is 2.26. The van der Waals surface area contributed by atoms with Crippen molar-refractivity contribution in [3.8, 4) is 6.07 Å². The molecule has 2 rings (SSSR count). The summed E-state index contributed by atoms with van der Waals surface area (Å²) in [5.74, 6) is -0.100. The van der Waals surface area contributed by atoms with Gasteiger partial charge < -0.3 is 10.6 Å². The van der Waals surface area contributed by atoms with Gasteiger partial charge in [-0.15, -0.1) is 11.3 Å². The second-order valence-electron chi connectivity index (χ2n) is 5.36. The van der Waals surface area contributed by atoms with Crippen LogP contribution in [0, 0.1) is 17.2 Å². The van der Waals surface area contributed by atoms with Gasteiger partial charge in [-0.3, -0.25) is 9.59 Å². The van der Waals surface area contributed by atoms with Gasteiger partial charge in [-0.25, -0.2) is 0 Å². The third kappa shape index (κ3) is 3.61. The van der Waals surface area contributed by atoms with Gasteiger partial charge in [0.1, 0.15) is 17.0 Å². The highest BCUT2D eigenvalue weighted by Gasteiger charge is 2.32. The molecule has 2 amide bonds. The van der Waals surface area contributed by atoms with E-state index in [0.29, 0.717) is 30.2 Å². The molecule has 2 heterocycles. The van der Waals surface area contributed by atoms with E-state index in [4.69, 9.17) is 11.0 Å². The molecule has 2 N–H and O–H groups in total. The predicted octanol–water partition coefficient (Wildman–Crippen LogP) is 1.66. The van der Waals surface area contributed by atoms with Crippen LogP contribution in [-0.4, -0.2) is 29.3 Å². The van der Waals surface area contributed by atoms with Gasteiger partial charge in [0, 0.05) is 17.8 Å². The predicted molar refractivity (Wildman–Crippen MR) is 80.4 cm³/mol. The smallest absolute Gasteiger partial charge is 0.240 e. The highest BCUT2D eigenvalue weighted by atomic mass is 32.1. The molecule has 6 heteroatoms. The number of primary amides is 1. The molecule has 1 saturated heterocycles. The Hall–Kier alpha value is -1.87. The molecule has 1 aliphatic rings. The van der Waals surface area contributed by atoms with Crippen LogP contribution in [0.2, 0.25) is 0 Å². The molecule has 1 aliphatic heterocycles. The van der Waals surface area contributed by atoms with Crippen LogP contribution in [0.15, 0.2) is 12.1 Å². The van der Waals surface area contributed by atoms with Gasteiger partial charge in [-0.1, -0.05) is 6.92 Å². The van der Waals surface area contributed by atoms with Gasteiger partial charge in [0.05, 0.1) is 0 Å². The fourth-order valence-corrected chi connectivity index (χ4v) is 3.74. The highest BCUT2D eigenvalue weighted by molar-refractivity contribution is 7.12. The number of rotatable bonds is 5. The maximum absolute atomic E-state index is 12.0. The first-order valence-electron chi connectivity index (χ1n) is 7.12. The molecule has 1 aromatic rings. The first kappa shape index (κ1) is 15.5. The summed E-state index contributed by atoms with van der Waals surface area (Å²) in [5.41, 5.74) is 5.39. The van der Waals surface area contributed by atoms with Crippen molar-refractivity contribution in [2.75, 3.05) is 6.54 Å². The third-order valence-corrected chi connectivity index (χ3v) is 4.91. The average molecular weight is 305 g/mol. The molecule has 2 atom stereocenters. The quantitative estimate of drug-likeness (QED) is 0.897. The zero-order valence-corrected chi connectivity index (χ0v) is 12.9. The second-order valence-corrected chi connectivity index (χ2v) is 6.53. The number of nitrogens with two attached hydrogens (primary N) is 1. The van der Waals surface area contributed by atoms with E-state index in [1.54, 1.807) is 4.90 Å². The number of hydrogen-bond acceptors (Lipinski definition) is 4. The topological polar surface area (TPSA) is 87.2 Å². The van der Waals surface area contributed by atoms with E-state index in [-0.39, 0.29) is 5.91 Å². The number of carbonyl (C=O) groups excluding carboxylic acids is 2. The molecule has 5 nitrogen and oxygen atoms in total. The van der Waals surface area contributed by atoms with E-state index in [1.165, 1.54) is 11.3 Å². The van der Waals surface area contributed by atoms with E-state index in [2.05, 4.69) is 6.07 Å². The number of amides is 2. The van der Waals surface area contributed by atoms with Crippen LogP contribution < -0.4 is 5.73 Å². The maximum atomic E-state index is 12.0. The lowest BCUT2D eigenvalue weighted by atomic mass is 9.92. The normalized spacial score (nSPS) is 20.1. The molecule has 1 aromatic heterocycles. The summed E-state index contributed by atoms with van der Waals surface area (Å²) in [6.45, 7) is 2.44. The van der Waals surface area contributed by atoms with Crippen molar-refractivity contribution in [2.45, 2.75) is 38.6 Å². The van der Waals surface area contributed by atoms with Crippen LogP contribution in [0.3, 0.4) is 0 Å². The minimum absolute atomic E-state index is 0.0146. The number of piperidine rings is 1. The Balaban J connectivity index is 2.04. The lowest BCUT2D eigenvalue weighted by Crippen LogP contribution is -2.51. The van der Waals surface area contributed by atoms with Crippen LogP contribution >= 0.6 is 11.3 Å². The third-order valence-electron chi connectivity index (χ3n) is 3.89. The molecule has 0 bridgehead atoms.